The Morgan fingerprint density at radius 2 is 2.00 bits per heavy atom. The molecule has 0 saturated carbocycles. The van der Waals surface area contributed by atoms with Crippen LogP contribution < -0.4 is 5.32 Å². The number of carbonyl (C=O) groups excluding carboxylic acids is 1. The summed E-state index contributed by atoms with van der Waals surface area (Å²) in [5.41, 5.74) is 6.03. The minimum Gasteiger partial charge on any atom is -0.325 e. The molecule has 0 spiro atoms. The lowest BCUT2D eigenvalue weighted by Crippen LogP contribution is -2.15. The molecule has 1 N–H and O–H groups in total. The summed E-state index contributed by atoms with van der Waals surface area (Å²) in [5, 5.41) is 2.78. The van der Waals surface area contributed by atoms with Gasteiger partial charge in [-0.25, -0.2) is 4.39 Å². The Morgan fingerprint density at radius 1 is 1.26 bits per heavy atom. The molecule has 0 aromatic carbocycles. The number of carbonyl (C=O) groups is 1. The molecule has 0 fully saturated rings. The van der Waals surface area contributed by atoms with Crippen molar-refractivity contribution in [1.82, 2.24) is 10.2 Å². The number of nitrogens with one attached hydrogen (secondary N) is 1. The Bertz CT molecular complexity index is 966. The van der Waals surface area contributed by atoms with Crippen LogP contribution in [0.5, 0.6) is 0 Å². The third kappa shape index (κ3) is 3.91. The molecular formula is C23H23FN2O. The minimum absolute atomic E-state index is 0.220. The van der Waals surface area contributed by atoms with Crippen LogP contribution >= 0.6 is 0 Å². The molecule has 0 radical (unpaired) electrons. The molecule has 2 aliphatic carbocycles. The van der Waals surface area contributed by atoms with Crippen LogP contribution in [0.25, 0.3) is 17.2 Å². The summed E-state index contributed by atoms with van der Waals surface area (Å²) in [5.74, 6) is -0.692. The minimum atomic E-state index is -0.472. The monoisotopic (exact) mass is 362 g/mol. The van der Waals surface area contributed by atoms with Gasteiger partial charge in [-0.1, -0.05) is 36.9 Å². The van der Waals surface area contributed by atoms with Crippen molar-refractivity contribution >= 4 is 12.0 Å². The normalized spacial score (nSPS) is 16.6. The molecular weight excluding hydrogens is 339 g/mol. The summed E-state index contributed by atoms with van der Waals surface area (Å²) < 4.78 is 13.8. The first kappa shape index (κ1) is 18.8. The predicted molar refractivity (Wildman–Crippen MR) is 109 cm³/mol. The largest absolute Gasteiger partial charge is 0.325 e. The van der Waals surface area contributed by atoms with E-state index < -0.39 is 5.83 Å². The average Bonchev–Trinajstić information content (AvgIpc) is 2.94. The number of nitrogens with zero attached hydrogens (tertiary/aromatic N) is 1. The summed E-state index contributed by atoms with van der Waals surface area (Å²) in [6, 6.07) is 12.2. The maximum absolute atomic E-state index is 13.8. The first-order valence-electron chi connectivity index (χ1n) is 8.80. The Morgan fingerprint density at radius 3 is 2.70 bits per heavy atom. The number of halogens is 1. The van der Waals surface area contributed by atoms with Gasteiger partial charge in [0.2, 0.25) is 0 Å². The van der Waals surface area contributed by atoms with Crippen molar-refractivity contribution < 1.29 is 9.18 Å². The van der Waals surface area contributed by atoms with E-state index >= 15 is 0 Å². The number of amides is 1. The Kier molecular flexibility index (Phi) is 5.38. The van der Waals surface area contributed by atoms with Gasteiger partial charge in [-0.3, -0.25) is 4.79 Å². The zero-order valence-corrected chi connectivity index (χ0v) is 15.8. The van der Waals surface area contributed by atoms with Gasteiger partial charge < -0.3 is 10.2 Å². The van der Waals surface area contributed by atoms with E-state index in [-0.39, 0.29) is 5.91 Å². The molecule has 3 nitrogen and oxygen atoms in total. The third-order valence-electron chi connectivity index (χ3n) is 4.55. The highest BCUT2D eigenvalue weighted by atomic mass is 19.1. The SMILES string of the molecule is C=C/C(F)=C\C1=C(C)NC(=O)/C1=C/c1cc2cccccc-2c1CN(C)C. The van der Waals surface area contributed by atoms with Crippen molar-refractivity contribution in [2.24, 2.45) is 0 Å². The van der Waals surface area contributed by atoms with Gasteiger partial charge in [0.1, 0.15) is 5.83 Å². The molecule has 0 aromatic rings. The molecule has 0 saturated heterocycles. The maximum Gasteiger partial charge on any atom is 0.256 e. The molecule has 4 heteroatoms. The van der Waals surface area contributed by atoms with Crippen molar-refractivity contribution in [3.63, 3.8) is 0 Å². The van der Waals surface area contributed by atoms with Gasteiger partial charge >= 0.3 is 0 Å². The summed E-state index contributed by atoms with van der Waals surface area (Å²) in [6.07, 6.45) is 4.34. The van der Waals surface area contributed by atoms with Crippen LogP contribution in [-0.2, 0) is 11.3 Å². The number of hydrogen-bond acceptors (Lipinski definition) is 2. The van der Waals surface area contributed by atoms with Crippen molar-refractivity contribution in [2.75, 3.05) is 14.1 Å². The fourth-order valence-electron chi connectivity index (χ4n) is 3.30. The van der Waals surface area contributed by atoms with E-state index in [2.05, 4.69) is 35.0 Å². The second kappa shape index (κ2) is 7.72. The van der Waals surface area contributed by atoms with E-state index in [1.54, 1.807) is 6.92 Å². The number of fused-ring (bicyclic) bond motifs is 1. The summed E-state index contributed by atoms with van der Waals surface area (Å²) >= 11 is 0. The zero-order valence-electron chi connectivity index (χ0n) is 15.8. The molecule has 27 heavy (non-hydrogen) atoms. The smallest absolute Gasteiger partial charge is 0.256 e. The molecule has 0 unspecified atom stereocenters. The first-order chi connectivity index (χ1) is 12.9. The highest BCUT2D eigenvalue weighted by molar-refractivity contribution is 6.07. The van der Waals surface area contributed by atoms with Gasteiger partial charge in [-0.2, -0.15) is 0 Å². The van der Waals surface area contributed by atoms with E-state index in [1.165, 1.54) is 6.08 Å². The standard InChI is InChI=1S/C23H23FN2O/c1-5-18(24)13-20-15(2)25-23(27)21(20)12-17-11-16-9-7-6-8-10-19(16)22(17)14-26(3)4/h5-13H,1,14H2,2-4H3,(H,25,27)/b18-13+,21-12+. The van der Waals surface area contributed by atoms with Gasteiger partial charge in [0.15, 0.2) is 0 Å². The molecule has 0 atom stereocenters. The highest BCUT2D eigenvalue weighted by Crippen LogP contribution is 2.35. The van der Waals surface area contributed by atoms with Crippen molar-refractivity contribution in [2.45, 2.75) is 13.5 Å². The molecule has 0 aromatic heterocycles. The quantitative estimate of drug-likeness (QED) is 0.619. The van der Waals surface area contributed by atoms with Crippen LogP contribution in [0.15, 0.2) is 77.8 Å². The predicted octanol–water partition coefficient (Wildman–Crippen LogP) is 4.68. The van der Waals surface area contributed by atoms with Crippen LogP contribution in [0.3, 0.4) is 0 Å². The Labute approximate surface area is 159 Å². The van der Waals surface area contributed by atoms with Gasteiger partial charge in [0.25, 0.3) is 5.91 Å². The van der Waals surface area contributed by atoms with E-state index in [0.29, 0.717) is 16.8 Å². The van der Waals surface area contributed by atoms with Crippen LogP contribution in [-0.4, -0.2) is 24.9 Å². The number of hydrogen-bond donors (Lipinski definition) is 1. The topological polar surface area (TPSA) is 32.3 Å². The molecule has 138 valence electrons. The summed E-state index contributed by atoms with van der Waals surface area (Å²) in [7, 11) is 4.03. The molecule has 0 bridgehead atoms. The van der Waals surface area contributed by atoms with Gasteiger partial charge in [0.05, 0.1) is 0 Å². The van der Waals surface area contributed by atoms with Crippen LogP contribution in [0.4, 0.5) is 4.39 Å². The van der Waals surface area contributed by atoms with Gasteiger partial charge in [0, 0.05) is 23.4 Å². The molecule has 1 amide bonds. The lowest BCUT2D eigenvalue weighted by Gasteiger charge is -2.11. The van der Waals surface area contributed by atoms with Crippen molar-refractivity contribution in [3.05, 3.63) is 88.9 Å². The third-order valence-corrected chi connectivity index (χ3v) is 4.55. The van der Waals surface area contributed by atoms with E-state index in [1.807, 2.05) is 38.4 Å². The van der Waals surface area contributed by atoms with E-state index in [4.69, 9.17) is 0 Å². The fraction of sp³-hybridized carbons (Fsp3) is 0.174. The van der Waals surface area contributed by atoms with Crippen LogP contribution in [0.1, 0.15) is 18.1 Å². The molecule has 3 rings (SSSR count). The average molecular weight is 362 g/mol. The molecule has 3 aliphatic rings. The van der Waals surface area contributed by atoms with E-state index in [0.717, 1.165) is 34.9 Å². The second-order valence-electron chi connectivity index (χ2n) is 6.88. The first-order valence-corrected chi connectivity index (χ1v) is 8.80. The summed E-state index contributed by atoms with van der Waals surface area (Å²) in [6.45, 7) is 5.95. The number of allylic oxidation sites excluding steroid dienone is 4. The Balaban J connectivity index is 2.18. The molecule has 1 aliphatic heterocycles. The summed E-state index contributed by atoms with van der Waals surface area (Å²) in [4.78, 5) is 14.6. The van der Waals surface area contributed by atoms with E-state index in [9.17, 15) is 9.18 Å². The Hall–Kier alpha value is -2.98. The lowest BCUT2D eigenvalue weighted by molar-refractivity contribution is -0.115. The van der Waals surface area contributed by atoms with Crippen LogP contribution in [0, 0.1) is 0 Å². The molecule has 1 heterocycles. The number of rotatable bonds is 5. The highest BCUT2D eigenvalue weighted by Gasteiger charge is 2.25. The van der Waals surface area contributed by atoms with Gasteiger partial charge in [-0.15, -0.1) is 0 Å². The lowest BCUT2D eigenvalue weighted by atomic mass is 10.0. The van der Waals surface area contributed by atoms with Crippen molar-refractivity contribution in [3.8, 4) is 11.1 Å². The van der Waals surface area contributed by atoms with Crippen LogP contribution in [0.2, 0.25) is 0 Å². The van der Waals surface area contributed by atoms with Crippen molar-refractivity contribution in [1.29, 1.82) is 0 Å². The fourth-order valence-corrected chi connectivity index (χ4v) is 3.30. The van der Waals surface area contributed by atoms with Gasteiger partial charge in [-0.05, 0) is 67.6 Å². The second-order valence-corrected chi connectivity index (χ2v) is 6.88. The maximum atomic E-state index is 13.8. The zero-order chi connectivity index (χ0) is 19.6.